The normalized spacial score (nSPS) is 30.6. The fourth-order valence-electron chi connectivity index (χ4n) is 2.70. The molecule has 2 aliphatic rings. The van der Waals surface area contributed by atoms with E-state index in [-0.39, 0.29) is 5.54 Å². The van der Waals surface area contributed by atoms with Gasteiger partial charge in [-0.3, -0.25) is 0 Å². The molecule has 88 valence electrons. The average Bonchev–Trinajstić information content (AvgIpc) is 2.71. The Morgan fingerprint density at radius 2 is 2.07 bits per heavy atom. The van der Waals surface area contributed by atoms with Crippen molar-refractivity contribution in [1.82, 2.24) is 5.32 Å². The molecule has 0 amide bonds. The molecule has 1 atom stereocenters. The van der Waals surface area contributed by atoms with Crippen LogP contribution in [-0.2, 0) is 4.74 Å². The van der Waals surface area contributed by atoms with Crippen molar-refractivity contribution in [2.75, 3.05) is 26.3 Å². The van der Waals surface area contributed by atoms with Crippen LogP contribution in [0.15, 0.2) is 0 Å². The highest BCUT2D eigenvalue weighted by Crippen LogP contribution is 2.25. The molecule has 1 heterocycles. The lowest BCUT2D eigenvalue weighted by Crippen LogP contribution is -2.50. The predicted molar refractivity (Wildman–Crippen MR) is 61.8 cm³/mol. The summed E-state index contributed by atoms with van der Waals surface area (Å²) in [5, 5.41) is 3.53. The van der Waals surface area contributed by atoms with Gasteiger partial charge in [0.25, 0.3) is 0 Å². The molecule has 15 heavy (non-hydrogen) atoms. The van der Waals surface area contributed by atoms with Crippen LogP contribution in [0.2, 0.25) is 0 Å². The summed E-state index contributed by atoms with van der Waals surface area (Å²) in [6.07, 6.45) is 7.59. The SMILES string of the molecule is NC1(CNCC2CCOC2)CCCCC1. The number of hydrogen-bond donors (Lipinski definition) is 2. The van der Waals surface area contributed by atoms with E-state index in [2.05, 4.69) is 5.32 Å². The van der Waals surface area contributed by atoms with Crippen molar-refractivity contribution in [3.8, 4) is 0 Å². The van der Waals surface area contributed by atoms with Crippen LogP contribution in [0, 0.1) is 5.92 Å². The number of rotatable bonds is 4. The first kappa shape index (κ1) is 11.4. The Labute approximate surface area is 92.7 Å². The molecule has 3 heteroatoms. The second-order valence-electron chi connectivity index (χ2n) is 5.28. The zero-order valence-electron chi connectivity index (χ0n) is 9.63. The highest BCUT2D eigenvalue weighted by molar-refractivity contribution is 4.89. The van der Waals surface area contributed by atoms with Gasteiger partial charge in [0.1, 0.15) is 0 Å². The quantitative estimate of drug-likeness (QED) is 0.738. The van der Waals surface area contributed by atoms with E-state index in [0.29, 0.717) is 0 Å². The van der Waals surface area contributed by atoms with E-state index in [9.17, 15) is 0 Å². The molecule has 3 nitrogen and oxygen atoms in total. The molecule has 1 saturated heterocycles. The molecule has 2 rings (SSSR count). The first-order chi connectivity index (χ1) is 7.29. The van der Waals surface area contributed by atoms with Crippen molar-refractivity contribution in [1.29, 1.82) is 0 Å². The highest BCUT2D eigenvalue weighted by Gasteiger charge is 2.27. The third-order valence-corrected chi connectivity index (χ3v) is 3.78. The van der Waals surface area contributed by atoms with Crippen LogP contribution in [0.5, 0.6) is 0 Å². The van der Waals surface area contributed by atoms with Gasteiger partial charge < -0.3 is 15.8 Å². The van der Waals surface area contributed by atoms with Crippen LogP contribution in [0.3, 0.4) is 0 Å². The van der Waals surface area contributed by atoms with Crippen LogP contribution < -0.4 is 11.1 Å². The molecular weight excluding hydrogens is 188 g/mol. The maximum absolute atomic E-state index is 6.35. The molecule has 0 aromatic heterocycles. The zero-order valence-corrected chi connectivity index (χ0v) is 9.63. The van der Waals surface area contributed by atoms with E-state index < -0.39 is 0 Å². The molecule has 1 saturated carbocycles. The minimum absolute atomic E-state index is 0.0811. The standard InChI is InChI=1S/C12H24N2O/c13-12(5-2-1-3-6-12)10-14-8-11-4-7-15-9-11/h11,14H,1-10,13H2. The molecule has 2 fully saturated rings. The zero-order chi connectivity index (χ0) is 10.6. The number of hydrogen-bond acceptors (Lipinski definition) is 3. The molecule has 1 unspecified atom stereocenters. The summed E-state index contributed by atoms with van der Waals surface area (Å²) < 4.78 is 5.35. The molecule has 0 bridgehead atoms. The van der Waals surface area contributed by atoms with Gasteiger partial charge in [-0.1, -0.05) is 19.3 Å². The number of ether oxygens (including phenoxy) is 1. The lowest BCUT2D eigenvalue weighted by Gasteiger charge is -2.34. The second-order valence-corrected chi connectivity index (χ2v) is 5.28. The lowest BCUT2D eigenvalue weighted by molar-refractivity contribution is 0.184. The van der Waals surface area contributed by atoms with Gasteiger partial charge in [-0.15, -0.1) is 0 Å². The molecule has 1 aliphatic heterocycles. The monoisotopic (exact) mass is 212 g/mol. The van der Waals surface area contributed by atoms with Gasteiger partial charge >= 0.3 is 0 Å². The van der Waals surface area contributed by atoms with Gasteiger partial charge in [0.05, 0.1) is 6.61 Å². The van der Waals surface area contributed by atoms with Crippen molar-refractivity contribution in [2.24, 2.45) is 11.7 Å². The van der Waals surface area contributed by atoms with E-state index in [0.717, 1.165) is 32.2 Å². The van der Waals surface area contributed by atoms with Gasteiger partial charge in [0.2, 0.25) is 0 Å². The van der Waals surface area contributed by atoms with E-state index in [1.54, 1.807) is 0 Å². The summed E-state index contributed by atoms with van der Waals surface area (Å²) in [5.74, 6) is 0.720. The van der Waals surface area contributed by atoms with Gasteiger partial charge in [0.15, 0.2) is 0 Å². The van der Waals surface area contributed by atoms with Crippen LogP contribution in [0.4, 0.5) is 0 Å². The predicted octanol–water partition coefficient (Wildman–Crippen LogP) is 1.27. The minimum atomic E-state index is 0.0811. The molecule has 3 N–H and O–H groups in total. The molecule has 0 radical (unpaired) electrons. The number of nitrogens with two attached hydrogens (primary N) is 1. The van der Waals surface area contributed by atoms with E-state index >= 15 is 0 Å². The summed E-state index contributed by atoms with van der Waals surface area (Å²) in [6, 6.07) is 0. The maximum Gasteiger partial charge on any atom is 0.0507 e. The third kappa shape index (κ3) is 3.44. The fraction of sp³-hybridized carbons (Fsp3) is 1.00. The molecule has 0 spiro atoms. The molecule has 0 aromatic rings. The Bertz CT molecular complexity index is 184. The fourth-order valence-corrected chi connectivity index (χ4v) is 2.70. The first-order valence-electron chi connectivity index (χ1n) is 6.36. The van der Waals surface area contributed by atoms with Crippen molar-refractivity contribution in [3.63, 3.8) is 0 Å². The number of nitrogens with one attached hydrogen (secondary N) is 1. The Morgan fingerprint density at radius 1 is 1.27 bits per heavy atom. The molecular formula is C12H24N2O. The lowest BCUT2D eigenvalue weighted by atomic mass is 9.82. The summed E-state index contributed by atoms with van der Waals surface area (Å²) >= 11 is 0. The summed E-state index contributed by atoms with van der Waals surface area (Å²) in [4.78, 5) is 0. The third-order valence-electron chi connectivity index (χ3n) is 3.78. The van der Waals surface area contributed by atoms with E-state index in [4.69, 9.17) is 10.5 Å². The van der Waals surface area contributed by atoms with Crippen LogP contribution >= 0.6 is 0 Å². The maximum atomic E-state index is 6.35. The van der Waals surface area contributed by atoms with E-state index in [1.807, 2.05) is 0 Å². The largest absolute Gasteiger partial charge is 0.381 e. The highest BCUT2D eigenvalue weighted by atomic mass is 16.5. The van der Waals surface area contributed by atoms with Crippen LogP contribution in [0.25, 0.3) is 0 Å². The van der Waals surface area contributed by atoms with Crippen molar-refractivity contribution >= 4 is 0 Å². The summed E-state index contributed by atoms with van der Waals surface area (Å²) in [6.45, 7) is 3.95. The van der Waals surface area contributed by atoms with Gasteiger partial charge in [-0.05, 0) is 25.2 Å². The minimum Gasteiger partial charge on any atom is -0.381 e. The summed E-state index contributed by atoms with van der Waals surface area (Å²) in [5.41, 5.74) is 6.43. The van der Waals surface area contributed by atoms with Crippen molar-refractivity contribution < 1.29 is 4.74 Å². The first-order valence-corrected chi connectivity index (χ1v) is 6.36. The van der Waals surface area contributed by atoms with Gasteiger partial charge in [-0.2, -0.15) is 0 Å². The smallest absolute Gasteiger partial charge is 0.0507 e. The Kier molecular flexibility index (Phi) is 4.00. The van der Waals surface area contributed by atoms with Gasteiger partial charge in [0, 0.05) is 25.2 Å². The van der Waals surface area contributed by atoms with Gasteiger partial charge in [-0.25, -0.2) is 0 Å². The second kappa shape index (κ2) is 5.28. The Morgan fingerprint density at radius 3 is 2.73 bits per heavy atom. The molecule has 1 aliphatic carbocycles. The Balaban J connectivity index is 1.63. The topological polar surface area (TPSA) is 47.3 Å². The van der Waals surface area contributed by atoms with E-state index in [1.165, 1.54) is 38.5 Å². The Hall–Kier alpha value is -0.120. The van der Waals surface area contributed by atoms with Crippen molar-refractivity contribution in [2.45, 2.75) is 44.1 Å². The summed E-state index contributed by atoms with van der Waals surface area (Å²) in [7, 11) is 0. The van der Waals surface area contributed by atoms with Crippen molar-refractivity contribution in [3.05, 3.63) is 0 Å². The molecule has 0 aromatic carbocycles. The average molecular weight is 212 g/mol. The van der Waals surface area contributed by atoms with Crippen LogP contribution in [-0.4, -0.2) is 31.8 Å². The van der Waals surface area contributed by atoms with Crippen LogP contribution in [0.1, 0.15) is 38.5 Å².